The smallest absolute Gasteiger partial charge is 0.322 e. The zero-order chi connectivity index (χ0) is 16.3. The fourth-order valence-electron chi connectivity index (χ4n) is 1.80. The first-order valence-corrected chi connectivity index (χ1v) is 7.44. The van der Waals surface area contributed by atoms with Crippen LogP contribution < -0.4 is 5.84 Å². The number of hydrogen-bond donors (Lipinski definition) is 1. The molecule has 22 heavy (non-hydrogen) atoms. The summed E-state index contributed by atoms with van der Waals surface area (Å²) < 4.78 is 40.0. The lowest BCUT2D eigenvalue weighted by Crippen LogP contribution is -2.12. The SMILES string of the molecule is Cn1cc(C(=NN)SCc2ccccc2Cl)c(C(F)(F)F)n1. The second kappa shape index (κ2) is 6.62. The van der Waals surface area contributed by atoms with E-state index in [0.29, 0.717) is 10.8 Å². The third kappa shape index (κ3) is 3.75. The summed E-state index contributed by atoms with van der Waals surface area (Å²) in [6.45, 7) is 0. The normalized spacial score (nSPS) is 12.7. The van der Waals surface area contributed by atoms with Gasteiger partial charge in [-0.3, -0.25) is 4.68 Å². The molecule has 0 bridgehead atoms. The molecule has 0 atom stereocenters. The quantitative estimate of drug-likeness (QED) is 0.399. The van der Waals surface area contributed by atoms with Crippen LogP contribution in [0.1, 0.15) is 16.8 Å². The maximum Gasteiger partial charge on any atom is 0.435 e. The van der Waals surface area contributed by atoms with E-state index < -0.39 is 11.9 Å². The number of alkyl halides is 3. The van der Waals surface area contributed by atoms with Crippen molar-refractivity contribution in [1.29, 1.82) is 0 Å². The molecule has 0 aliphatic heterocycles. The Bertz CT molecular complexity index is 697. The lowest BCUT2D eigenvalue weighted by molar-refractivity contribution is -0.141. The number of aromatic nitrogens is 2. The molecule has 4 nitrogen and oxygen atoms in total. The van der Waals surface area contributed by atoms with Crippen molar-refractivity contribution in [2.45, 2.75) is 11.9 Å². The molecule has 0 aliphatic rings. The van der Waals surface area contributed by atoms with Crippen LogP contribution in [0.5, 0.6) is 0 Å². The van der Waals surface area contributed by atoms with Gasteiger partial charge in [0.25, 0.3) is 0 Å². The van der Waals surface area contributed by atoms with Crippen molar-refractivity contribution in [3.63, 3.8) is 0 Å². The van der Waals surface area contributed by atoms with Gasteiger partial charge in [-0.2, -0.15) is 23.4 Å². The average molecular weight is 349 g/mol. The summed E-state index contributed by atoms with van der Waals surface area (Å²) in [6.07, 6.45) is -3.33. The van der Waals surface area contributed by atoms with Crippen LogP contribution in [-0.4, -0.2) is 14.8 Å². The first kappa shape index (κ1) is 16.7. The standard InChI is InChI=1S/C13H12ClF3N4S/c1-21-6-9(11(20-21)13(15,16)17)12(19-18)22-7-8-4-2-3-5-10(8)14/h2-6H,7,18H2,1H3. The van der Waals surface area contributed by atoms with Crippen LogP contribution in [0, 0.1) is 0 Å². The summed E-state index contributed by atoms with van der Waals surface area (Å²) in [7, 11) is 1.41. The Hall–Kier alpha value is -1.67. The zero-order valence-corrected chi connectivity index (χ0v) is 13.0. The number of aryl methyl sites for hydroxylation is 1. The molecule has 9 heteroatoms. The molecule has 0 fully saturated rings. The fraction of sp³-hybridized carbons (Fsp3) is 0.231. The molecular weight excluding hydrogens is 337 g/mol. The summed E-state index contributed by atoms with van der Waals surface area (Å²) in [4.78, 5) is 0. The van der Waals surface area contributed by atoms with Crippen LogP contribution in [0.3, 0.4) is 0 Å². The lowest BCUT2D eigenvalue weighted by Gasteiger charge is -2.08. The van der Waals surface area contributed by atoms with Gasteiger partial charge in [0.05, 0.1) is 5.56 Å². The number of hydrazone groups is 1. The van der Waals surface area contributed by atoms with Gasteiger partial charge in [-0.15, -0.1) is 0 Å². The fourth-order valence-corrected chi connectivity index (χ4v) is 3.01. The van der Waals surface area contributed by atoms with Crippen molar-refractivity contribution >= 4 is 28.4 Å². The first-order chi connectivity index (χ1) is 10.3. The summed E-state index contributed by atoms with van der Waals surface area (Å²) >= 11 is 7.10. The lowest BCUT2D eigenvalue weighted by atomic mass is 10.2. The van der Waals surface area contributed by atoms with E-state index in [1.54, 1.807) is 24.3 Å². The van der Waals surface area contributed by atoms with Crippen molar-refractivity contribution in [2.75, 3.05) is 0 Å². The molecule has 0 aliphatic carbocycles. The van der Waals surface area contributed by atoms with Crippen molar-refractivity contribution in [3.05, 3.63) is 52.3 Å². The maximum absolute atomic E-state index is 13.0. The summed E-state index contributed by atoms with van der Waals surface area (Å²) in [6, 6.07) is 7.07. The maximum atomic E-state index is 13.0. The van der Waals surface area contributed by atoms with Gasteiger partial charge in [0.2, 0.25) is 0 Å². The average Bonchev–Trinajstić information content (AvgIpc) is 2.83. The number of nitrogens with zero attached hydrogens (tertiary/aromatic N) is 3. The van der Waals surface area contributed by atoms with E-state index in [0.717, 1.165) is 22.0 Å². The number of hydrogen-bond acceptors (Lipinski definition) is 4. The van der Waals surface area contributed by atoms with Crippen LogP contribution in [0.25, 0.3) is 0 Å². The van der Waals surface area contributed by atoms with E-state index in [1.165, 1.54) is 13.2 Å². The molecule has 2 aromatic rings. The van der Waals surface area contributed by atoms with Crippen LogP contribution in [0.2, 0.25) is 5.02 Å². The van der Waals surface area contributed by atoms with Gasteiger partial charge < -0.3 is 5.84 Å². The zero-order valence-electron chi connectivity index (χ0n) is 11.4. The number of benzene rings is 1. The van der Waals surface area contributed by atoms with Crippen molar-refractivity contribution in [1.82, 2.24) is 9.78 Å². The Kier molecular flexibility index (Phi) is 5.02. The van der Waals surface area contributed by atoms with Gasteiger partial charge in [0, 0.05) is 24.0 Å². The topological polar surface area (TPSA) is 56.2 Å². The minimum Gasteiger partial charge on any atom is -0.322 e. The highest BCUT2D eigenvalue weighted by atomic mass is 35.5. The number of thioether (sulfide) groups is 1. The van der Waals surface area contributed by atoms with Crippen LogP contribution in [0.15, 0.2) is 35.6 Å². The Morgan fingerprint density at radius 2 is 2.09 bits per heavy atom. The van der Waals surface area contributed by atoms with E-state index in [4.69, 9.17) is 17.4 Å². The highest BCUT2D eigenvalue weighted by Gasteiger charge is 2.38. The van der Waals surface area contributed by atoms with E-state index in [9.17, 15) is 13.2 Å². The van der Waals surface area contributed by atoms with Crippen LogP contribution in [-0.2, 0) is 19.0 Å². The van der Waals surface area contributed by atoms with Crippen molar-refractivity contribution in [3.8, 4) is 0 Å². The summed E-state index contributed by atoms with van der Waals surface area (Å²) in [5.41, 5.74) is -0.367. The molecular formula is C13H12ClF3N4S. The predicted octanol–water partition coefficient (Wildman–Crippen LogP) is 3.65. The van der Waals surface area contributed by atoms with Gasteiger partial charge in [-0.25, -0.2) is 0 Å². The molecule has 0 amide bonds. The molecule has 0 radical (unpaired) electrons. The van der Waals surface area contributed by atoms with Gasteiger partial charge in [0.1, 0.15) is 5.04 Å². The predicted molar refractivity (Wildman–Crippen MR) is 81.7 cm³/mol. The van der Waals surface area contributed by atoms with E-state index in [1.807, 2.05) is 0 Å². The van der Waals surface area contributed by atoms with Crippen molar-refractivity contribution in [2.24, 2.45) is 18.0 Å². The van der Waals surface area contributed by atoms with Gasteiger partial charge >= 0.3 is 6.18 Å². The molecule has 0 spiro atoms. The second-order valence-electron chi connectivity index (χ2n) is 4.38. The third-order valence-electron chi connectivity index (χ3n) is 2.77. The largest absolute Gasteiger partial charge is 0.435 e. The van der Waals surface area contributed by atoms with E-state index in [2.05, 4.69) is 10.2 Å². The van der Waals surface area contributed by atoms with Crippen molar-refractivity contribution < 1.29 is 13.2 Å². The number of rotatable bonds is 3. The van der Waals surface area contributed by atoms with Crippen LogP contribution in [0.4, 0.5) is 13.2 Å². The highest BCUT2D eigenvalue weighted by molar-refractivity contribution is 8.13. The molecule has 2 rings (SSSR count). The summed E-state index contributed by atoms with van der Waals surface area (Å²) in [5.74, 6) is 5.61. The Labute approximate surface area is 134 Å². The van der Waals surface area contributed by atoms with Gasteiger partial charge in [-0.05, 0) is 11.6 Å². The van der Waals surface area contributed by atoms with Crippen LogP contribution >= 0.6 is 23.4 Å². The minimum atomic E-state index is -4.57. The van der Waals surface area contributed by atoms with Gasteiger partial charge in [0.15, 0.2) is 5.69 Å². The molecule has 1 aromatic carbocycles. The summed E-state index contributed by atoms with van der Waals surface area (Å²) in [5, 5.41) is 7.50. The molecule has 0 saturated carbocycles. The Balaban J connectivity index is 2.25. The minimum absolute atomic E-state index is 0.0559. The molecule has 0 saturated heterocycles. The van der Waals surface area contributed by atoms with E-state index >= 15 is 0 Å². The Morgan fingerprint density at radius 3 is 2.68 bits per heavy atom. The Morgan fingerprint density at radius 1 is 1.41 bits per heavy atom. The molecule has 118 valence electrons. The van der Waals surface area contributed by atoms with Gasteiger partial charge in [-0.1, -0.05) is 41.6 Å². The highest BCUT2D eigenvalue weighted by Crippen LogP contribution is 2.33. The van der Waals surface area contributed by atoms with E-state index in [-0.39, 0.29) is 10.6 Å². The molecule has 0 unspecified atom stereocenters. The monoisotopic (exact) mass is 348 g/mol. The molecule has 2 N–H and O–H groups in total. The molecule has 1 heterocycles. The number of nitrogens with two attached hydrogens (primary N) is 1. The second-order valence-corrected chi connectivity index (χ2v) is 5.75. The third-order valence-corrected chi connectivity index (χ3v) is 4.19. The number of halogens is 4. The molecule has 1 aromatic heterocycles. The first-order valence-electron chi connectivity index (χ1n) is 6.08.